The van der Waals surface area contributed by atoms with Crippen LogP contribution in [0.3, 0.4) is 0 Å². The summed E-state index contributed by atoms with van der Waals surface area (Å²) in [4.78, 5) is 0. The number of phenols is 1. The lowest BCUT2D eigenvalue weighted by molar-refractivity contribution is 0.465. The summed E-state index contributed by atoms with van der Waals surface area (Å²) in [6.07, 6.45) is 0. The molecule has 0 radical (unpaired) electrons. The van der Waals surface area contributed by atoms with Crippen LogP contribution in [-0.4, -0.2) is 5.11 Å². The van der Waals surface area contributed by atoms with Gasteiger partial charge in [0, 0.05) is 17.8 Å². The number of para-hydroxylation sites is 1. The van der Waals surface area contributed by atoms with Gasteiger partial charge in [0.25, 0.3) is 0 Å². The predicted octanol–water partition coefficient (Wildman–Crippen LogP) is 4.56. The van der Waals surface area contributed by atoms with Gasteiger partial charge < -0.3 is 10.4 Å². The molecule has 0 saturated heterocycles. The van der Waals surface area contributed by atoms with Crippen LogP contribution in [0.2, 0.25) is 5.02 Å². The third-order valence-corrected chi connectivity index (χ3v) is 3.42. The van der Waals surface area contributed by atoms with Crippen molar-refractivity contribution in [1.82, 2.24) is 0 Å². The normalized spacial score (nSPS) is 10.4. The van der Waals surface area contributed by atoms with Crippen molar-refractivity contribution in [2.45, 2.75) is 6.54 Å². The van der Waals surface area contributed by atoms with Gasteiger partial charge in [0.05, 0.1) is 9.50 Å². The Balaban J connectivity index is 2.11. The van der Waals surface area contributed by atoms with E-state index in [-0.39, 0.29) is 10.8 Å². The van der Waals surface area contributed by atoms with Crippen LogP contribution in [0.4, 0.5) is 10.1 Å². The second-order valence-corrected chi connectivity index (χ2v) is 4.99. The minimum absolute atomic E-state index is 0.0888. The van der Waals surface area contributed by atoms with Crippen molar-refractivity contribution in [1.29, 1.82) is 0 Å². The summed E-state index contributed by atoms with van der Waals surface area (Å²) in [6.45, 7) is 0.395. The molecule has 2 aromatic rings. The Bertz CT molecular complexity index is 577. The van der Waals surface area contributed by atoms with E-state index in [1.165, 1.54) is 12.1 Å². The molecule has 0 aliphatic carbocycles. The fourth-order valence-electron chi connectivity index (χ4n) is 1.51. The minimum atomic E-state index is -0.472. The summed E-state index contributed by atoms with van der Waals surface area (Å²) in [5.41, 5.74) is 1.33. The molecule has 0 saturated carbocycles. The Hall–Kier alpha value is -1.26. The van der Waals surface area contributed by atoms with Crippen LogP contribution in [0.15, 0.2) is 40.9 Å². The van der Waals surface area contributed by atoms with Gasteiger partial charge in [-0.05, 0) is 40.2 Å². The molecular formula is C13H10BrClFNO. The van der Waals surface area contributed by atoms with Gasteiger partial charge in [-0.2, -0.15) is 0 Å². The average molecular weight is 331 g/mol. The summed E-state index contributed by atoms with van der Waals surface area (Å²) in [6, 6.07) is 9.85. The maximum absolute atomic E-state index is 13.2. The number of hydrogen-bond donors (Lipinski definition) is 2. The Labute approximate surface area is 118 Å². The van der Waals surface area contributed by atoms with E-state index in [4.69, 9.17) is 11.6 Å². The van der Waals surface area contributed by atoms with Crippen LogP contribution in [0.25, 0.3) is 0 Å². The van der Waals surface area contributed by atoms with E-state index in [1.807, 2.05) is 6.07 Å². The highest BCUT2D eigenvalue weighted by molar-refractivity contribution is 9.10. The monoisotopic (exact) mass is 329 g/mol. The van der Waals surface area contributed by atoms with E-state index in [9.17, 15) is 9.50 Å². The number of aromatic hydroxyl groups is 1. The Morgan fingerprint density at radius 2 is 2.06 bits per heavy atom. The highest BCUT2D eigenvalue weighted by atomic mass is 79.9. The van der Waals surface area contributed by atoms with E-state index < -0.39 is 5.82 Å². The molecule has 2 N–H and O–H groups in total. The second kappa shape index (κ2) is 5.59. The van der Waals surface area contributed by atoms with Crippen molar-refractivity contribution in [2.24, 2.45) is 0 Å². The number of phenolic OH excluding ortho intramolecular Hbond substituents is 1. The Morgan fingerprint density at radius 3 is 2.78 bits per heavy atom. The van der Waals surface area contributed by atoms with Gasteiger partial charge in [0.15, 0.2) is 0 Å². The van der Waals surface area contributed by atoms with Crippen LogP contribution < -0.4 is 5.32 Å². The van der Waals surface area contributed by atoms with Crippen molar-refractivity contribution in [3.05, 3.63) is 57.3 Å². The van der Waals surface area contributed by atoms with Crippen molar-refractivity contribution in [2.75, 3.05) is 5.32 Å². The summed E-state index contributed by atoms with van der Waals surface area (Å²) in [5, 5.41) is 12.9. The van der Waals surface area contributed by atoms with Gasteiger partial charge in [0.2, 0.25) is 0 Å². The lowest BCUT2D eigenvalue weighted by Gasteiger charge is -2.09. The van der Waals surface area contributed by atoms with Crippen molar-refractivity contribution >= 4 is 33.2 Å². The molecule has 5 heteroatoms. The second-order valence-electron chi connectivity index (χ2n) is 3.73. The molecule has 18 heavy (non-hydrogen) atoms. The van der Waals surface area contributed by atoms with Crippen LogP contribution in [0, 0.1) is 5.82 Å². The van der Waals surface area contributed by atoms with Crippen LogP contribution in [0.5, 0.6) is 5.75 Å². The van der Waals surface area contributed by atoms with Gasteiger partial charge in [-0.25, -0.2) is 4.39 Å². The van der Waals surface area contributed by atoms with Gasteiger partial charge >= 0.3 is 0 Å². The lowest BCUT2D eigenvalue weighted by atomic mass is 10.2. The van der Waals surface area contributed by atoms with E-state index in [0.717, 1.165) is 5.56 Å². The molecular weight excluding hydrogens is 321 g/mol. The maximum Gasteiger partial charge on any atom is 0.143 e. The van der Waals surface area contributed by atoms with Crippen LogP contribution in [-0.2, 0) is 6.54 Å². The van der Waals surface area contributed by atoms with Crippen LogP contribution >= 0.6 is 27.5 Å². The summed E-state index contributed by atoms with van der Waals surface area (Å²) in [7, 11) is 0. The molecule has 0 aliphatic heterocycles. The average Bonchev–Trinajstić information content (AvgIpc) is 2.35. The van der Waals surface area contributed by atoms with Crippen LogP contribution in [0.1, 0.15) is 5.56 Å². The topological polar surface area (TPSA) is 32.3 Å². The predicted molar refractivity (Wildman–Crippen MR) is 74.5 cm³/mol. The van der Waals surface area contributed by atoms with E-state index in [0.29, 0.717) is 16.7 Å². The maximum atomic E-state index is 13.2. The molecule has 0 bridgehead atoms. The molecule has 0 unspecified atom stereocenters. The van der Waals surface area contributed by atoms with E-state index in [1.54, 1.807) is 18.2 Å². The first kappa shape index (κ1) is 13.2. The molecule has 0 aliphatic rings. The number of hydrogen-bond acceptors (Lipinski definition) is 2. The molecule has 0 amide bonds. The molecule has 0 spiro atoms. The molecule has 0 fully saturated rings. The zero-order chi connectivity index (χ0) is 13.1. The Morgan fingerprint density at radius 1 is 1.28 bits per heavy atom. The third-order valence-electron chi connectivity index (χ3n) is 2.47. The highest BCUT2D eigenvalue weighted by Crippen LogP contribution is 2.28. The fraction of sp³-hybridized carbons (Fsp3) is 0.0769. The van der Waals surface area contributed by atoms with E-state index in [2.05, 4.69) is 21.2 Å². The zero-order valence-electron chi connectivity index (χ0n) is 9.25. The zero-order valence-corrected chi connectivity index (χ0v) is 11.6. The SMILES string of the molecule is Oc1c(Br)cccc1CNc1ccc(Cl)c(F)c1. The number of halogens is 3. The largest absolute Gasteiger partial charge is 0.506 e. The first-order valence-corrected chi connectivity index (χ1v) is 6.40. The molecule has 2 aromatic carbocycles. The summed E-state index contributed by atoms with van der Waals surface area (Å²) in [5.74, 6) is -0.292. The number of nitrogens with one attached hydrogen (secondary N) is 1. The number of anilines is 1. The van der Waals surface area contributed by atoms with Crippen molar-refractivity contribution in [3.8, 4) is 5.75 Å². The van der Waals surface area contributed by atoms with Gasteiger partial charge in [-0.1, -0.05) is 23.7 Å². The molecule has 94 valence electrons. The van der Waals surface area contributed by atoms with Gasteiger partial charge in [-0.3, -0.25) is 0 Å². The molecule has 0 atom stereocenters. The first-order valence-electron chi connectivity index (χ1n) is 5.23. The minimum Gasteiger partial charge on any atom is -0.506 e. The summed E-state index contributed by atoms with van der Waals surface area (Å²) < 4.78 is 13.8. The third kappa shape index (κ3) is 2.94. The highest BCUT2D eigenvalue weighted by Gasteiger charge is 2.05. The fourth-order valence-corrected chi connectivity index (χ4v) is 2.03. The Kier molecular flexibility index (Phi) is 4.09. The molecule has 0 aromatic heterocycles. The quantitative estimate of drug-likeness (QED) is 0.864. The molecule has 2 nitrogen and oxygen atoms in total. The first-order chi connectivity index (χ1) is 8.58. The van der Waals surface area contributed by atoms with Crippen molar-refractivity contribution in [3.63, 3.8) is 0 Å². The smallest absolute Gasteiger partial charge is 0.143 e. The standard InChI is InChI=1S/C13H10BrClFNO/c14-10-3-1-2-8(13(10)18)7-17-9-4-5-11(15)12(16)6-9/h1-6,17-18H,7H2. The molecule has 0 heterocycles. The van der Waals surface area contributed by atoms with E-state index >= 15 is 0 Å². The van der Waals surface area contributed by atoms with Gasteiger partial charge in [-0.15, -0.1) is 0 Å². The van der Waals surface area contributed by atoms with Gasteiger partial charge in [0.1, 0.15) is 11.6 Å². The number of benzene rings is 2. The molecule has 2 rings (SSSR count). The lowest BCUT2D eigenvalue weighted by Crippen LogP contribution is -2.00. The number of rotatable bonds is 3. The summed E-state index contributed by atoms with van der Waals surface area (Å²) >= 11 is 8.83. The van der Waals surface area contributed by atoms with Crippen molar-refractivity contribution < 1.29 is 9.50 Å².